The lowest BCUT2D eigenvalue weighted by Gasteiger charge is -2.16. The van der Waals surface area contributed by atoms with Gasteiger partial charge in [0.2, 0.25) is 0 Å². The van der Waals surface area contributed by atoms with Crippen LogP contribution in [0.25, 0.3) is 0 Å². The molecule has 6 heteroatoms. The maximum absolute atomic E-state index is 12.4. The average Bonchev–Trinajstić information content (AvgIpc) is 3.05. The van der Waals surface area contributed by atoms with Gasteiger partial charge in [-0.25, -0.2) is 4.98 Å². The van der Waals surface area contributed by atoms with Gasteiger partial charge in [-0.3, -0.25) is 9.69 Å². The summed E-state index contributed by atoms with van der Waals surface area (Å²) in [4.78, 5) is 18.5. The van der Waals surface area contributed by atoms with E-state index in [-0.39, 0.29) is 24.1 Å². The number of hydrogen-bond donors (Lipinski definition) is 2. The van der Waals surface area contributed by atoms with Gasteiger partial charge in [0.1, 0.15) is 11.4 Å². The van der Waals surface area contributed by atoms with E-state index in [9.17, 15) is 15.0 Å². The van der Waals surface area contributed by atoms with Gasteiger partial charge in [0.25, 0.3) is 0 Å². The SMILES string of the molecule is O=C(CN1C[C@@H](CCCc2ccc(Cl)cc2)[C@@H](CO)C1)c1ccc(O)cn1. The van der Waals surface area contributed by atoms with E-state index in [1.807, 2.05) is 12.1 Å². The summed E-state index contributed by atoms with van der Waals surface area (Å²) in [7, 11) is 0. The van der Waals surface area contributed by atoms with Crippen LogP contribution in [0.4, 0.5) is 0 Å². The van der Waals surface area contributed by atoms with Crippen LogP contribution < -0.4 is 0 Å². The predicted octanol–water partition coefficient (Wildman–Crippen LogP) is 3.19. The van der Waals surface area contributed by atoms with Crippen molar-refractivity contribution in [2.75, 3.05) is 26.2 Å². The lowest BCUT2D eigenvalue weighted by molar-refractivity contribution is 0.0935. The molecule has 0 amide bonds. The minimum atomic E-state index is -0.0616. The molecular weight excluding hydrogens is 364 g/mol. The van der Waals surface area contributed by atoms with Crippen molar-refractivity contribution in [3.05, 3.63) is 58.9 Å². The highest BCUT2D eigenvalue weighted by Crippen LogP contribution is 2.28. The molecular formula is C21H25ClN2O3. The number of aromatic nitrogens is 1. The smallest absolute Gasteiger partial charge is 0.195 e. The monoisotopic (exact) mass is 388 g/mol. The number of nitrogens with zero attached hydrogens (tertiary/aromatic N) is 2. The largest absolute Gasteiger partial charge is 0.506 e. The molecule has 1 aliphatic heterocycles. The number of likely N-dealkylation sites (tertiary alicyclic amines) is 1. The Bertz CT molecular complexity index is 749. The van der Waals surface area contributed by atoms with Gasteiger partial charge >= 0.3 is 0 Å². The molecule has 2 aromatic rings. The molecule has 1 saturated heterocycles. The molecule has 3 rings (SSSR count). The summed E-state index contributed by atoms with van der Waals surface area (Å²) in [5, 5.41) is 19.7. The first-order chi connectivity index (χ1) is 13.0. The molecule has 1 aliphatic rings. The Labute approximate surface area is 164 Å². The zero-order chi connectivity index (χ0) is 19.2. The highest BCUT2D eigenvalue weighted by molar-refractivity contribution is 6.30. The van der Waals surface area contributed by atoms with Gasteiger partial charge in [-0.05, 0) is 60.9 Å². The minimum absolute atomic E-state index is 0.0498. The standard InChI is InChI=1S/C21H25ClN2O3/c22-18-6-4-15(5-7-18)2-1-3-16-11-24(12-17(16)14-25)13-21(27)20-9-8-19(26)10-23-20/h4-10,16-17,25-26H,1-3,11-14H2/t16-,17-/m1/s1. The first-order valence-corrected chi connectivity index (χ1v) is 9.69. The minimum Gasteiger partial charge on any atom is -0.506 e. The van der Waals surface area contributed by atoms with E-state index in [1.165, 1.54) is 17.8 Å². The number of aryl methyl sites for hydroxylation is 1. The van der Waals surface area contributed by atoms with Crippen LogP contribution in [0.5, 0.6) is 5.75 Å². The van der Waals surface area contributed by atoms with Gasteiger partial charge in [-0.15, -0.1) is 0 Å². The topological polar surface area (TPSA) is 73.7 Å². The van der Waals surface area contributed by atoms with Crippen molar-refractivity contribution in [2.24, 2.45) is 11.8 Å². The van der Waals surface area contributed by atoms with E-state index < -0.39 is 0 Å². The third-order valence-corrected chi connectivity index (χ3v) is 5.49. The number of halogens is 1. The fourth-order valence-electron chi connectivity index (χ4n) is 3.75. The summed E-state index contributed by atoms with van der Waals surface area (Å²) in [5.74, 6) is 0.584. The number of pyridine rings is 1. The van der Waals surface area contributed by atoms with Gasteiger partial charge in [-0.1, -0.05) is 23.7 Å². The van der Waals surface area contributed by atoms with Crippen molar-refractivity contribution in [2.45, 2.75) is 19.3 Å². The molecule has 2 heterocycles. The fraction of sp³-hybridized carbons (Fsp3) is 0.429. The van der Waals surface area contributed by atoms with Crippen molar-refractivity contribution >= 4 is 17.4 Å². The van der Waals surface area contributed by atoms with Crippen molar-refractivity contribution in [1.29, 1.82) is 0 Å². The third-order valence-electron chi connectivity index (χ3n) is 5.24. The van der Waals surface area contributed by atoms with Crippen molar-refractivity contribution in [3.8, 4) is 5.75 Å². The molecule has 2 N–H and O–H groups in total. The number of rotatable bonds is 8. The number of aliphatic hydroxyl groups excluding tert-OH is 1. The van der Waals surface area contributed by atoms with Gasteiger partial charge in [0.05, 0.1) is 12.7 Å². The van der Waals surface area contributed by atoms with E-state index in [0.717, 1.165) is 37.4 Å². The molecule has 0 aliphatic carbocycles. The Kier molecular flexibility index (Phi) is 6.83. The maximum atomic E-state index is 12.4. The number of aromatic hydroxyl groups is 1. The Hall–Kier alpha value is -1.95. The molecule has 0 radical (unpaired) electrons. The van der Waals surface area contributed by atoms with E-state index >= 15 is 0 Å². The highest BCUT2D eigenvalue weighted by atomic mass is 35.5. The first kappa shape index (κ1) is 19.8. The van der Waals surface area contributed by atoms with Crippen LogP contribution >= 0.6 is 11.6 Å². The Morgan fingerprint density at radius 1 is 1.15 bits per heavy atom. The molecule has 0 saturated carbocycles. The van der Waals surface area contributed by atoms with E-state index in [2.05, 4.69) is 22.0 Å². The van der Waals surface area contributed by atoms with E-state index in [1.54, 1.807) is 6.07 Å². The van der Waals surface area contributed by atoms with Crippen LogP contribution in [0.15, 0.2) is 42.6 Å². The van der Waals surface area contributed by atoms with Crippen LogP contribution in [0.3, 0.4) is 0 Å². The van der Waals surface area contributed by atoms with Gasteiger partial charge in [-0.2, -0.15) is 0 Å². The Morgan fingerprint density at radius 3 is 2.56 bits per heavy atom. The van der Waals surface area contributed by atoms with Crippen LogP contribution in [-0.2, 0) is 6.42 Å². The maximum Gasteiger partial charge on any atom is 0.195 e. The quantitative estimate of drug-likeness (QED) is 0.679. The zero-order valence-electron chi connectivity index (χ0n) is 15.2. The van der Waals surface area contributed by atoms with Crippen LogP contribution in [0.1, 0.15) is 28.9 Å². The Morgan fingerprint density at radius 2 is 1.89 bits per heavy atom. The molecule has 2 atom stereocenters. The number of hydrogen-bond acceptors (Lipinski definition) is 5. The summed E-state index contributed by atoms with van der Waals surface area (Å²) in [6.07, 6.45) is 4.34. The molecule has 0 spiro atoms. The van der Waals surface area contributed by atoms with Gasteiger partial charge in [0.15, 0.2) is 5.78 Å². The number of aliphatic hydroxyl groups is 1. The molecule has 1 aromatic carbocycles. The lowest BCUT2D eigenvalue weighted by atomic mass is 9.91. The number of benzene rings is 1. The number of ketones is 1. The summed E-state index contributed by atoms with van der Waals surface area (Å²) >= 11 is 5.92. The predicted molar refractivity (Wildman–Crippen MR) is 105 cm³/mol. The van der Waals surface area contributed by atoms with Crippen molar-refractivity contribution < 1.29 is 15.0 Å². The normalized spacial score (nSPS) is 20.1. The second-order valence-corrected chi connectivity index (χ2v) is 7.68. The molecule has 5 nitrogen and oxygen atoms in total. The third kappa shape index (κ3) is 5.51. The number of carbonyl (C=O) groups is 1. The molecule has 1 aromatic heterocycles. The second-order valence-electron chi connectivity index (χ2n) is 7.24. The zero-order valence-corrected chi connectivity index (χ0v) is 16.0. The molecule has 27 heavy (non-hydrogen) atoms. The molecule has 0 unspecified atom stereocenters. The van der Waals surface area contributed by atoms with Crippen LogP contribution in [0, 0.1) is 11.8 Å². The van der Waals surface area contributed by atoms with E-state index in [4.69, 9.17) is 11.6 Å². The average molecular weight is 389 g/mol. The number of carbonyl (C=O) groups excluding carboxylic acids is 1. The summed E-state index contributed by atoms with van der Waals surface area (Å²) in [5.41, 5.74) is 1.63. The summed E-state index contributed by atoms with van der Waals surface area (Å²) in [6.45, 7) is 1.98. The first-order valence-electron chi connectivity index (χ1n) is 9.31. The lowest BCUT2D eigenvalue weighted by Crippen LogP contribution is -2.28. The summed E-state index contributed by atoms with van der Waals surface area (Å²) < 4.78 is 0. The van der Waals surface area contributed by atoms with Gasteiger partial charge in [0, 0.05) is 24.7 Å². The highest BCUT2D eigenvalue weighted by Gasteiger charge is 2.32. The van der Waals surface area contributed by atoms with Crippen LogP contribution in [-0.4, -0.2) is 52.1 Å². The second kappa shape index (κ2) is 9.31. The molecule has 0 bridgehead atoms. The molecule has 144 valence electrons. The van der Waals surface area contributed by atoms with Crippen molar-refractivity contribution in [1.82, 2.24) is 9.88 Å². The fourth-order valence-corrected chi connectivity index (χ4v) is 3.88. The van der Waals surface area contributed by atoms with Crippen molar-refractivity contribution in [3.63, 3.8) is 0 Å². The Balaban J connectivity index is 1.49. The molecule has 1 fully saturated rings. The summed E-state index contributed by atoms with van der Waals surface area (Å²) in [6, 6.07) is 10.9. The van der Waals surface area contributed by atoms with Gasteiger partial charge < -0.3 is 10.2 Å². The van der Waals surface area contributed by atoms with E-state index in [0.29, 0.717) is 18.2 Å². The number of Topliss-reactive ketones (excluding diaryl/α,β-unsaturated/α-hetero) is 1. The van der Waals surface area contributed by atoms with Crippen LogP contribution in [0.2, 0.25) is 5.02 Å².